The van der Waals surface area contributed by atoms with Crippen LogP contribution in [0.5, 0.6) is 0 Å². The molecule has 0 saturated carbocycles. The predicted octanol–water partition coefficient (Wildman–Crippen LogP) is 9.64. The molecule has 2 aliphatic rings. The molecule has 2 aliphatic carbocycles. The molecule has 0 aromatic heterocycles. The molecule has 5 nitrogen and oxygen atoms in total. The number of carbonyl (C=O) groups is 1. The number of hydrogen-bond donors (Lipinski definition) is 2. The molecule has 0 aliphatic heterocycles. The molecule has 230 valence electrons. The molecule has 0 radical (unpaired) electrons. The Kier molecular flexibility index (Phi) is 7.17. The lowest BCUT2D eigenvalue weighted by Gasteiger charge is -2.24. The number of nitrogens with one attached hydrogen (secondary N) is 1. The molecule has 0 spiro atoms. The summed E-state index contributed by atoms with van der Waals surface area (Å²) in [6.45, 7) is 9.97. The molecule has 0 bridgehead atoms. The van der Waals surface area contributed by atoms with Gasteiger partial charge in [0.2, 0.25) is 0 Å². The SMILES string of the molecule is CC1(C)c2cc(CC(=O)c3ccc([N+](=O)[O-])cc3)ccc2-c2ccc(-c3ccc4c(c3)C(C)(C)c3cc(NCCS)ccc3-4)cc21. The Labute approximate surface area is 275 Å². The van der Waals surface area contributed by atoms with Crippen LogP contribution in [-0.4, -0.2) is 23.0 Å². The summed E-state index contributed by atoms with van der Waals surface area (Å²) in [6, 6.07) is 32.6. The van der Waals surface area contributed by atoms with E-state index < -0.39 is 4.92 Å². The van der Waals surface area contributed by atoms with Gasteiger partial charge in [-0.25, -0.2) is 0 Å². The van der Waals surface area contributed by atoms with Crippen molar-refractivity contribution in [3.63, 3.8) is 0 Å². The normalized spacial score (nSPS) is 14.6. The summed E-state index contributed by atoms with van der Waals surface area (Å²) < 4.78 is 0. The van der Waals surface area contributed by atoms with Crippen LogP contribution in [-0.2, 0) is 17.3 Å². The second-order valence-corrected chi connectivity index (χ2v) is 13.9. The van der Waals surface area contributed by atoms with Crippen LogP contribution >= 0.6 is 12.6 Å². The van der Waals surface area contributed by atoms with Crippen molar-refractivity contribution in [3.8, 4) is 33.4 Å². The minimum Gasteiger partial charge on any atom is -0.384 e. The second kappa shape index (κ2) is 11.0. The lowest BCUT2D eigenvalue weighted by Crippen LogP contribution is -2.16. The number of rotatable bonds is 8. The highest BCUT2D eigenvalue weighted by molar-refractivity contribution is 7.80. The lowest BCUT2D eigenvalue weighted by molar-refractivity contribution is -0.384. The van der Waals surface area contributed by atoms with Crippen LogP contribution < -0.4 is 5.32 Å². The first-order valence-electron chi connectivity index (χ1n) is 15.7. The van der Waals surface area contributed by atoms with Crippen LogP contribution in [0.3, 0.4) is 0 Å². The molecular formula is C40H36N2O3S. The van der Waals surface area contributed by atoms with Gasteiger partial charge < -0.3 is 5.32 Å². The molecule has 0 fully saturated rings. The molecule has 1 N–H and O–H groups in total. The van der Waals surface area contributed by atoms with Gasteiger partial charge in [-0.05, 0) is 97.6 Å². The van der Waals surface area contributed by atoms with Gasteiger partial charge in [0.05, 0.1) is 4.92 Å². The fraction of sp³-hybridized carbons (Fsp3) is 0.225. The minimum atomic E-state index is -0.455. The van der Waals surface area contributed by atoms with Crippen LogP contribution in [0.15, 0.2) is 97.1 Å². The summed E-state index contributed by atoms with van der Waals surface area (Å²) in [5.74, 6) is 0.731. The second-order valence-electron chi connectivity index (χ2n) is 13.5. The van der Waals surface area contributed by atoms with Crippen molar-refractivity contribution in [2.45, 2.75) is 44.9 Å². The van der Waals surface area contributed by atoms with Gasteiger partial charge in [-0.15, -0.1) is 0 Å². The number of ketones is 1. The number of non-ortho nitro benzene ring substituents is 1. The standard InChI is InChI=1S/C40H36N2O3S/c1-39(2)34-19-24(20-38(43)25-6-11-29(12-7-25)42(44)45)5-13-30(34)31-14-8-26(21-35(31)39)27-9-15-32-33-16-10-28(41-17-18-46)23-37(33)40(3,4)36(32)22-27/h5-16,19,21-23,41,46H,17-18,20H2,1-4H3. The van der Waals surface area contributed by atoms with E-state index in [9.17, 15) is 14.9 Å². The number of carbonyl (C=O) groups excluding carboxylic acids is 1. The number of anilines is 1. The third kappa shape index (κ3) is 4.83. The molecule has 0 atom stereocenters. The Bertz CT molecular complexity index is 2060. The van der Waals surface area contributed by atoms with Crippen LogP contribution in [0.4, 0.5) is 11.4 Å². The average Bonchev–Trinajstić information content (AvgIpc) is 3.42. The number of nitro benzene ring substituents is 1. The van der Waals surface area contributed by atoms with E-state index in [-0.39, 0.29) is 28.7 Å². The molecule has 7 rings (SSSR count). The largest absolute Gasteiger partial charge is 0.384 e. The minimum absolute atomic E-state index is 0.0201. The van der Waals surface area contributed by atoms with Crippen LogP contribution in [0.25, 0.3) is 33.4 Å². The molecular weight excluding hydrogens is 589 g/mol. The van der Waals surface area contributed by atoms with E-state index in [0.29, 0.717) is 5.56 Å². The quantitative estimate of drug-likeness (QED) is 0.0780. The highest BCUT2D eigenvalue weighted by Gasteiger charge is 2.37. The zero-order valence-electron chi connectivity index (χ0n) is 26.5. The summed E-state index contributed by atoms with van der Waals surface area (Å²) in [5.41, 5.74) is 14.8. The summed E-state index contributed by atoms with van der Waals surface area (Å²) in [7, 11) is 0. The van der Waals surface area contributed by atoms with Crippen molar-refractivity contribution in [3.05, 3.63) is 141 Å². The van der Waals surface area contributed by atoms with E-state index >= 15 is 0 Å². The van der Waals surface area contributed by atoms with E-state index in [1.54, 1.807) is 0 Å². The first kappa shape index (κ1) is 30.0. The molecule has 0 amide bonds. The Morgan fingerprint density at radius 3 is 1.74 bits per heavy atom. The highest BCUT2D eigenvalue weighted by Crippen LogP contribution is 2.52. The Morgan fingerprint density at radius 2 is 1.20 bits per heavy atom. The summed E-state index contributed by atoms with van der Waals surface area (Å²) in [5, 5.41) is 14.5. The van der Waals surface area contributed by atoms with Gasteiger partial charge in [0.1, 0.15) is 0 Å². The van der Waals surface area contributed by atoms with Crippen LogP contribution in [0, 0.1) is 10.1 Å². The number of Topliss-reactive ketones (excluding diaryl/α,β-unsaturated/α-hetero) is 1. The average molecular weight is 625 g/mol. The van der Waals surface area contributed by atoms with E-state index in [0.717, 1.165) is 23.5 Å². The van der Waals surface area contributed by atoms with Gasteiger partial charge >= 0.3 is 0 Å². The number of benzene rings is 5. The van der Waals surface area contributed by atoms with E-state index in [2.05, 4.69) is 112 Å². The molecule has 0 unspecified atom stereocenters. The Balaban J connectivity index is 1.17. The summed E-state index contributed by atoms with van der Waals surface area (Å²) >= 11 is 4.35. The maximum absolute atomic E-state index is 13.1. The number of hydrogen-bond acceptors (Lipinski definition) is 5. The molecule has 6 heteroatoms. The lowest BCUT2D eigenvalue weighted by atomic mass is 9.80. The smallest absolute Gasteiger partial charge is 0.269 e. The summed E-state index contributed by atoms with van der Waals surface area (Å²) in [4.78, 5) is 23.6. The van der Waals surface area contributed by atoms with E-state index in [1.165, 1.54) is 79.9 Å². The van der Waals surface area contributed by atoms with Gasteiger partial charge in [0.25, 0.3) is 5.69 Å². The van der Waals surface area contributed by atoms with Crippen LogP contribution in [0.1, 0.15) is 65.9 Å². The number of nitro groups is 1. The fourth-order valence-corrected chi connectivity index (χ4v) is 7.47. The van der Waals surface area contributed by atoms with Crippen molar-refractivity contribution in [2.75, 3.05) is 17.6 Å². The number of nitrogens with zero attached hydrogens (tertiary/aromatic N) is 1. The zero-order valence-corrected chi connectivity index (χ0v) is 27.4. The van der Waals surface area contributed by atoms with Crippen molar-refractivity contribution in [1.29, 1.82) is 0 Å². The van der Waals surface area contributed by atoms with Gasteiger partial charge in [-0.3, -0.25) is 14.9 Å². The third-order valence-electron chi connectivity index (χ3n) is 9.96. The Morgan fingerprint density at radius 1 is 0.696 bits per heavy atom. The van der Waals surface area contributed by atoms with Crippen molar-refractivity contribution in [1.82, 2.24) is 0 Å². The molecule has 5 aromatic carbocycles. The van der Waals surface area contributed by atoms with Gasteiger partial charge in [-0.1, -0.05) is 76.2 Å². The third-order valence-corrected chi connectivity index (χ3v) is 10.2. The molecule has 0 heterocycles. The maximum Gasteiger partial charge on any atom is 0.269 e. The topological polar surface area (TPSA) is 72.2 Å². The fourth-order valence-electron chi connectivity index (χ4n) is 7.36. The number of thiol groups is 1. The van der Waals surface area contributed by atoms with Gasteiger partial charge in [0.15, 0.2) is 5.78 Å². The van der Waals surface area contributed by atoms with E-state index in [1.807, 2.05) is 6.07 Å². The highest BCUT2D eigenvalue weighted by atomic mass is 32.1. The summed E-state index contributed by atoms with van der Waals surface area (Å²) in [6.07, 6.45) is 0.239. The van der Waals surface area contributed by atoms with Gasteiger partial charge in [-0.2, -0.15) is 12.6 Å². The van der Waals surface area contributed by atoms with Crippen molar-refractivity contribution in [2.24, 2.45) is 0 Å². The predicted molar refractivity (Wildman–Crippen MR) is 190 cm³/mol. The zero-order chi connectivity index (χ0) is 32.4. The van der Waals surface area contributed by atoms with Crippen molar-refractivity contribution < 1.29 is 9.72 Å². The Hall–Kier alpha value is -4.68. The van der Waals surface area contributed by atoms with E-state index in [4.69, 9.17) is 0 Å². The maximum atomic E-state index is 13.1. The number of fused-ring (bicyclic) bond motifs is 6. The van der Waals surface area contributed by atoms with Crippen LogP contribution in [0.2, 0.25) is 0 Å². The molecule has 46 heavy (non-hydrogen) atoms. The molecule has 0 saturated heterocycles. The first-order chi connectivity index (χ1) is 22.0. The van der Waals surface area contributed by atoms with Gasteiger partial charge in [0, 0.05) is 52.9 Å². The first-order valence-corrected chi connectivity index (χ1v) is 16.3. The molecule has 5 aromatic rings. The van der Waals surface area contributed by atoms with Crippen molar-refractivity contribution >= 4 is 29.8 Å². The monoisotopic (exact) mass is 624 g/mol.